The van der Waals surface area contributed by atoms with E-state index < -0.39 is 32.0 Å². The number of anilines is 1. The van der Waals surface area contributed by atoms with Crippen LogP contribution in [-0.4, -0.2) is 10.8 Å². The molecule has 0 unspecified atom stereocenters. The number of nitrogen functional groups attached to an aromatic ring is 1. The monoisotopic (exact) mass is 431 g/mol. The van der Waals surface area contributed by atoms with Crippen molar-refractivity contribution in [1.82, 2.24) is 10.8 Å². The van der Waals surface area contributed by atoms with Gasteiger partial charge in [-0.15, -0.1) is 0 Å². The third-order valence-corrected chi connectivity index (χ3v) is 8.90. The van der Waals surface area contributed by atoms with Crippen LogP contribution in [0.2, 0.25) is 0 Å². The Bertz CT molecular complexity index is 546. The molecule has 0 aliphatic heterocycles. The average molecular weight is 431 g/mol. The van der Waals surface area contributed by atoms with Crippen LogP contribution in [0, 0.1) is 39.0 Å². The summed E-state index contributed by atoms with van der Waals surface area (Å²) in [7, 11) is 0. The summed E-state index contributed by atoms with van der Waals surface area (Å²) in [6.07, 6.45) is 0. The van der Waals surface area contributed by atoms with Crippen LogP contribution in [0.25, 0.3) is 10.9 Å². The zero-order valence-corrected chi connectivity index (χ0v) is 13.3. The molecule has 0 bridgehead atoms. The summed E-state index contributed by atoms with van der Waals surface area (Å²) in [5, 5.41) is 7.12. The number of nitrogens with two attached hydrogens (primary N) is 1. The number of rotatable bonds is 1. The standard InChI is InChI=1S/C7H8N4O.HI.Pr/c1-3-2-4-5(7(12)9-3)6(8)11-10-4;;/h2H,1H3,(H4,8,9,10,11,12);1H;/q;;+2/p-2. The Morgan fingerprint density at radius 2 is 2.43 bits per heavy atom. The average Bonchev–Trinajstić information content (AvgIpc) is 2.48. The molecule has 0 aromatic carbocycles. The van der Waals surface area contributed by atoms with Gasteiger partial charge in [-0.05, 0) is 0 Å². The van der Waals surface area contributed by atoms with Crippen molar-refractivity contribution in [3.8, 4) is 0 Å². The molecule has 14 heavy (non-hydrogen) atoms. The maximum atomic E-state index is 11.9. The van der Waals surface area contributed by atoms with E-state index in [2.05, 4.69) is 24.2 Å². The van der Waals surface area contributed by atoms with Crippen LogP contribution >= 0.6 is 14.0 Å². The molecule has 0 aliphatic rings. The van der Waals surface area contributed by atoms with E-state index in [4.69, 9.17) is 5.73 Å². The molecule has 2 aromatic heterocycles. The second kappa shape index (κ2) is 4.05. The topological polar surface area (TPSA) is 76.7 Å². The first-order chi connectivity index (χ1) is 6.65. The number of nitrogens with zero attached hydrogens (tertiary/aromatic N) is 2. The van der Waals surface area contributed by atoms with Crippen molar-refractivity contribution in [3.05, 3.63) is 22.1 Å². The molecule has 3 N–H and O–H groups in total. The fraction of sp³-hybridized carbons (Fsp3) is 0.143. The summed E-state index contributed by atoms with van der Waals surface area (Å²) < 4.78 is 1.87. The Balaban J connectivity index is 2.97. The van der Waals surface area contributed by atoms with E-state index >= 15 is 0 Å². The Morgan fingerprint density at radius 1 is 1.71 bits per heavy atom. The number of pyridine rings is 1. The van der Waals surface area contributed by atoms with Crippen LogP contribution in [0.5, 0.6) is 0 Å². The second-order valence-electron chi connectivity index (χ2n) is 2.96. The van der Waals surface area contributed by atoms with Gasteiger partial charge in [0.05, 0.1) is 0 Å². The van der Waals surface area contributed by atoms with Crippen LogP contribution in [0.15, 0.2) is 10.9 Å². The number of aryl methyl sites for hydroxylation is 1. The molecule has 71 valence electrons. The second-order valence-corrected chi connectivity index (χ2v) is 9.37. The molecular formula is C7H7IN4OPr. The summed E-state index contributed by atoms with van der Waals surface area (Å²) in [6.45, 7) is 1.94. The van der Waals surface area contributed by atoms with Crippen molar-refractivity contribution in [1.29, 1.82) is 0 Å². The first-order valence-electron chi connectivity index (χ1n) is 3.94. The van der Waals surface area contributed by atoms with Gasteiger partial charge in [-0.1, -0.05) is 0 Å². The molecular weight excluding hydrogens is 424 g/mol. The minimum absolute atomic E-state index is 0.00986. The number of H-pyrrole nitrogens is 1. The Kier molecular flexibility index (Phi) is 3.13. The van der Waals surface area contributed by atoms with Crippen LogP contribution in [0.1, 0.15) is 5.69 Å². The molecule has 2 rings (SSSR count). The van der Waals surface area contributed by atoms with Gasteiger partial charge in [-0.3, -0.25) is 0 Å². The van der Waals surface area contributed by atoms with Crippen LogP contribution in [0.3, 0.4) is 0 Å². The summed E-state index contributed by atoms with van der Waals surface area (Å²) in [4.78, 5) is 11.9. The van der Waals surface area contributed by atoms with E-state index in [0.29, 0.717) is 11.2 Å². The molecule has 0 atom stereocenters. The number of halogens is 1. The van der Waals surface area contributed by atoms with E-state index in [-0.39, 0.29) is 5.56 Å². The Labute approximate surface area is 107 Å². The van der Waals surface area contributed by atoms with Crippen molar-refractivity contribution in [2.24, 2.45) is 0 Å². The summed E-state index contributed by atoms with van der Waals surface area (Å²) >= 11 is 1.18. The molecule has 0 saturated heterocycles. The van der Waals surface area contributed by atoms with Gasteiger partial charge in [0, 0.05) is 0 Å². The van der Waals surface area contributed by atoms with Gasteiger partial charge >= 0.3 is 108 Å². The van der Waals surface area contributed by atoms with Gasteiger partial charge in [0.15, 0.2) is 0 Å². The maximum absolute atomic E-state index is 11.9. The van der Waals surface area contributed by atoms with E-state index in [1.165, 1.54) is 0 Å². The van der Waals surface area contributed by atoms with E-state index in [1.807, 2.05) is 13.6 Å². The summed E-state index contributed by atoms with van der Waals surface area (Å²) in [5.74, 6) is 0.301. The minimum atomic E-state index is -1.17. The molecule has 0 fully saturated rings. The van der Waals surface area contributed by atoms with Crippen molar-refractivity contribution in [3.63, 3.8) is 0 Å². The summed E-state index contributed by atoms with van der Waals surface area (Å²) in [6, 6.07) is 1.93. The van der Waals surface area contributed by atoms with Crippen molar-refractivity contribution in [2.75, 3.05) is 5.73 Å². The summed E-state index contributed by atoms with van der Waals surface area (Å²) in [5.41, 5.74) is 7.35. The normalized spacial score (nSPS) is 10.4. The molecule has 2 aromatic rings. The van der Waals surface area contributed by atoms with E-state index in [9.17, 15) is 4.79 Å². The number of hydrogen-bond donors (Lipinski definition) is 2. The van der Waals surface area contributed by atoms with Gasteiger partial charge in [0.2, 0.25) is 0 Å². The Hall–Kier alpha value is 0.314. The van der Waals surface area contributed by atoms with Crippen LogP contribution in [0.4, 0.5) is 5.82 Å². The molecule has 7 heteroatoms. The first kappa shape index (κ1) is 10.8. The number of aromatic amines is 1. The third-order valence-electron chi connectivity index (χ3n) is 2.09. The van der Waals surface area contributed by atoms with Crippen molar-refractivity contribution >= 4 is 30.8 Å². The fourth-order valence-corrected chi connectivity index (χ4v) is 7.95. The Morgan fingerprint density at radius 3 is 3.07 bits per heavy atom. The van der Waals surface area contributed by atoms with Gasteiger partial charge in [0.25, 0.3) is 0 Å². The number of fused-ring (bicyclic) bond motifs is 1. The van der Waals surface area contributed by atoms with Gasteiger partial charge in [-0.2, -0.15) is 0 Å². The molecule has 2 heterocycles. The van der Waals surface area contributed by atoms with Crippen LogP contribution < -0.4 is 11.3 Å². The predicted octanol–water partition coefficient (Wildman–Crippen LogP) is 0.813. The third kappa shape index (κ3) is 1.61. The quantitative estimate of drug-likeness (QED) is 0.657. The number of hydrogen-bond acceptors (Lipinski definition) is 3. The SMILES string of the molecule is Cc1cc2[nH]nc(N)c2c(=O)[n]1[Pr][I]. The van der Waals surface area contributed by atoms with Crippen molar-refractivity contribution < 1.29 is 32.0 Å². The first-order valence-corrected chi connectivity index (χ1v) is 16.2. The van der Waals surface area contributed by atoms with E-state index in [1.54, 1.807) is 0 Å². The van der Waals surface area contributed by atoms with Crippen molar-refractivity contribution in [2.45, 2.75) is 6.92 Å². The van der Waals surface area contributed by atoms with E-state index in [0.717, 1.165) is 11.2 Å². The molecule has 0 aliphatic carbocycles. The zero-order chi connectivity index (χ0) is 10.3. The molecule has 0 radical (unpaired) electrons. The molecule has 0 saturated carbocycles. The van der Waals surface area contributed by atoms with Crippen LogP contribution in [-0.2, 0) is 0 Å². The zero-order valence-electron chi connectivity index (χ0n) is 7.41. The molecule has 0 amide bonds. The number of aromatic nitrogens is 3. The molecule has 0 spiro atoms. The van der Waals surface area contributed by atoms with Gasteiger partial charge < -0.3 is 0 Å². The van der Waals surface area contributed by atoms with Gasteiger partial charge in [-0.25, -0.2) is 0 Å². The van der Waals surface area contributed by atoms with Gasteiger partial charge in [0.1, 0.15) is 0 Å². The molecule has 5 nitrogen and oxygen atoms in total. The number of nitrogens with one attached hydrogen (secondary N) is 1. The fourth-order valence-electron chi connectivity index (χ4n) is 1.38. The predicted molar refractivity (Wildman–Crippen MR) is 58.9 cm³/mol.